The number of rotatable bonds is 7. The number of carbonyl (C=O) groups is 1. The molecule has 0 aliphatic carbocycles. The van der Waals surface area contributed by atoms with E-state index in [0.29, 0.717) is 19.0 Å². The molecule has 3 rings (SSSR count). The van der Waals surface area contributed by atoms with E-state index in [4.69, 9.17) is 4.74 Å². The first-order valence-electron chi connectivity index (χ1n) is 10.4. The third-order valence-corrected chi connectivity index (χ3v) is 5.39. The van der Waals surface area contributed by atoms with E-state index in [1.807, 2.05) is 23.1 Å². The third kappa shape index (κ3) is 5.35. The molecular formula is C24H32N2O2. The Balaban J connectivity index is 1.76. The van der Waals surface area contributed by atoms with Crippen LogP contribution in [0.3, 0.4) is 0 Å². The summed E-state index contributed by atoms with van der Waals surface area (Å²) in [6.07, 6.45) is 3.20. The van der Waals surface area contributed by atoms with Gasteiger partial charge in [-0.25, -0.2) is 4.79 Å². The Morgan fingerprint density at radius 1 is 1.18 bits per heavy atom. The lowest BCUT2D eigenvalue weighted by Crippen LogP contribution is -2.39. The fourth-order valence-electron chi connectivity index (χ4n) is 3.73. The van der Waals surface area contributed by atoms with Crippen molar-refractivity contribution in [2.75, 3.05) is 18.5 Å². The predicted molar refractivity (Wildman–Crippen MR) is 115 cm³/mol. The Bertz CT molecular complexity index is 764. The van der Waals surface area contributed by atoms with E-state index in [2.05, 4.69) is 56.4 Å². The number of carbonyl (C=O) groups excluding carboxylic acids is 1. The van der Waals surface area contributed by atoms with Gasteiger partial charge in [-0.3, -0.25) is 0 Å². The topological polar surface area (TPSA) is 41.6 Å². The lowest BCUT2D eigenvalue weighted by Gasteiger charge is -2.27. The highest BCUT2D eigenvalue weighted by atomic mass is 16.5. The zero-order valence-corrected chi connectivity index (χ0v) is 17.3. The van der Waals surface area contributed by atoms with Crippen molar-refractivity contribution in [2.24, 2.45) is 0 Å². The number of nitrogens with one attached hydrogen (secondary N) is 1. The molecule has 2 aromatic carbocycles. The van der Waals surface area contributed by atoms with Crippen LogP contribution in [0.15, 0.2) is 48.5 Å². The number of urea groups is 1. The van der Waals surface area contributed by atoms with Gasteiger partial charge in [-0.2, -0.15) is 0 Å². The number of amides is 2. The first-order chi connectivity index (χ1) is 13.6. The number of ether oxygens (including phenoxy) is 1. The molecule has 1 fully saturated rings. The van der Waals surface area contributed by atoms with Gasteiger partial charge in [-0.05, 0) is 54.0 Å². The molecular weight excluding hydrogens is 348 g/mol. The van der Waals surface area contributed by atoms with Crippen LogP contribution in [-0.4, -0.2) is 30.2 Å². The van der Waals surface area contributed by atoms with Crippen LogP contribution in [0.1, 0.15) is 56.2 Å². The third-order valence-electron chi connectivity index (χ3n) is 5.39. The van der Waals surface area contributed by atoms with Gasteiger partial charge in [0.25, 0.3) is 0 Å². The average Bonchev–Trinajstić information content (AvgIpc) is 3.21. The van der Waals surface area contributed by atoms with Gasteiger partial charge in [0.2, 0.25) is 0 Å². The molecule has 150 valence electrons. The molecule has 1 aliphatic rings. The molecule has 4 nitrogen and oxygen atoms in total. The minimum Gasteiger partial charge on any atom is -0.376 e. The molecule has 1 atom stereocenters. The van der Waals surface area contributed by atoms with Crippen molar-refractivity contribution in [1.82, 2.24) is 4.90 Å². The van der Waals surface area contributed by atoms with Crippen molar-refractivity contribution in [3.8, 4) is 0 Å². The van der Waals surface area contributed by atoms with Gasteiger partial charge < -0.3 is 15.0 Å². The number of aryl methyl sites for hydroxylation is 1. The van der Waals surface area contributed by atoms with Crippen LogP contribution in [0.5, 0.6) is 0 Å². The molecule has 4 heteroatoms. The van der Waals surface area contributed by atoms with Crippen LogP contribution in [0, 0.1) is 0 Å². The van der Waals surface area contributed by atoms with Gasteiger partial charge in [-0.1, -0.05) is 57.2 Å². The second-order valence-corrected chi connectivity index (χ2v) is 7.85. The highest BCUT2D eigenvalue weighted by Gasteiger charge is 2.24. The van der Waals surface area contributed by atoms with Gasteiger partial charge >= 0.3 is 6.03 Å². The zero-order valence-electron chi connectivity index (χ0n) is 17.3. The summed E-state index contributed by atoms with van der Waals surface area (Å²) in [4.78, 5) is 15.0. The van der Waals surface area contributed by atoms with Crippen molar-refractivity contribution >= 4 is 11.7 Å². The highest BCUT2D eigenvalue weighted by Crippen LogP contribution is 2.23. The number of hydrogen-bond donors (Lipinski definition) is 1. The quantitative estimate of drug-likeness (QED) is 0.681. The van der Waals surface area contributed by atoms with E-state index in [1.165, 1.54) is 16.7 Å². The lowest BCUT2D eigenvalue weighted by molar-refractivity contribution is 0.0818. The fourth-order valence-corrected chi connectivity index (χ4v) is 3.73. The highest BCUT2D eigenvalue weighted by molar-refractivity contribution is 5.89. The van der Waals surface area contributed by atoms with Gasteiger partial charge in [0.15, 0.2) is 0 Å². The van der Waals surface area contributed by atoms with Gasteiger partial charge in [0.1, 0.15) is 0 Å². The molecule has 1 N–H and O–H groups in total. The van der Waals surface area contributed by atoms with Crippen LogP contribution in [0.4, 0.5) is 10.5 Å². The molecule has 1 heterocycles. The first kappa shape index (κ1) is 20.4. The molecule has 0 radical (unpaired) electrons. The minimum absolute atomic E-state index is 0.0710. The van der Waals surface area contributed by atoms with E-state index in [1.54, 1.807) is 0 Å². The maximum absolute atomic E-state index is 13.1. The molecule has 0 aromatic heterocycles. The number of nitrogens with zero attached hydrogens (tertiary/aromatic N) is 1. The molecule has 1 aliphatic heterocycles. The Kier molecular flexibility index (Phi) is 7.10. The molecule has 0 bridgehead atoms. The number of benzene rings is 2. The second kappa shape index (κ2) is 9.74. The SMILES string of the molecule is CCc1ccc(NC(=O)N(Cc2ccccc2C(C)C)CC2CCCO2)cc1. The summed E-state index contributed by atoms with van der Waals surface area (Å²) in [6, 6.07) is 16.4. The Hall–Kier alpha value is -2.33. The minimum atomic E-state index is -0.0710. The standard InChI is InChI=1S/C24H32N2O2/c1-4-19-11-13-21(14-12-19)25-24(27)26(17-22-9-7-15-28-22)16-20-8-5-6-10-23(20)18(2)3/h5-6,8,10-14,18,22H,4,7,9,15-17H2,1-3H3,(H,25,27). The smallest absolute Gasteiger partial charge is 0.322 e. The van der Waals surface area contributed by atoms with E-state index >= 15 is 0 Å². The normalized spacial score (nSPS) is 16.4. The van der Waals surface area contributed by atoms with E-state index in [9.17, 15) is 4.79 Å². The lowest BCUT2D eigenvalue weighted by atomic mass is 9.97. The van der Waals surface area contributed by atoms with Crippen LogP contribution >= 0.6 is 0 Å². The van der Waals surface area contributed by atoms with E-state index < -0.39 is 0 Å². The molecule has 2 amide bonds. The molecule has 2 aromatic rings. The average molecular weight is 381 g/mol. The molecule has 28 heavy (non-hydrogen) atoms. The summed E-state index contributed by atoms with van der Waals surface area (Å²) in [5.74, 6) is 0.422. The Morgan fingerprint density at radius 2 is 1.93 bits per heavy atom. The van der Waals surface area contributed by atoms with Crippen LogP contribution in [-0.2, 0) is 17.7 Å². The predicted octanol–water partition coefficient (Wildman–Crippen LogP) is 5.59. The maximum atomic E-state index is 13.1. The zero-order chi connectivity index (χ0) is 19.9. The van der Waals surface area contributed by atoms with E-state index in [-0.39, 0.29) is 12.1 Å². The van der Waals surface area contributed by atoms with Crippen molar-refractivity contribution in [3.05, 3.63) is 65.2 Å². The van der Waals surface area contributed by atoms with Crippen LogP contribution in [0.25, 0.3) is 0 Å². The van der Waals surface area contributed by atoms with Gasteiger partial charge in [-0.15, -0.1) is 0 Å². The van der Waals surface area contributed by atoms with Crippen LogP contribution < -0.4 is 5.32 Å². The van der Waals surface area contributed by atoms with Crippen molar-refractivity contribution in [3.63, 3.8) is 0 Å². The molecule has 1 saturated heterocycles. The van der Waals surface area contributed by atoms with Crippen molar-refractivity contribution in [1.29, 1.82) is 0 Å². The van der Waals surface area contributed by atoms with Crippen molar-refractivity contribution in [2.45, 2.75) is 58.6 Å². The maximum Gasteiger partial charge on any atom is 0.322 e. The molecule has 0 spiro atoms. The van der Waals surface area contributed by atoms with Crippen LogP contribution in [0.2, 0.25) is 0 Å². The summed E-state index contributed by atoms with van der Waals surface area (Å²) in [5.41, 5.74) is 4.59. The first-order valence-corrected chi connectivity index (χ1v) is 10.4. The summed E-state index contributed by atoms with van der Waals surface area (Å²) in [5, 5.41) is 3.07. The fraction of sp³-hybridized carbons (Fsp3) is 0.458. The summed E-state index contributed by atoms with van der Waals surface area (Å²) < 4.78 is 5.81. The van der Waals surface area contributed by atoms with Crippen molar-refractivity contribution < 1.29 is 9.53 Å². The monoisotopic (exact) mass is 380 g/mol. The Morgan fingerprint density at radius 3 is 2.57 bits per heavy atom. The summed E-state index contributed by atoms with van der Waals surface area (Å²) in [7, 11) is 0. The molecule has 0 saturated carbocycles. The number of hydrogen-bond acceptors (Lipinski definition) is 2. The Labute approximate surface area is 168 Å². The second-order valence-electron chi connectivity index (χ2n) is 7.85. The van der Waals surface area contributed by atoms with Gasteiger partial charge in [0, 0.05) is 25.4 Å². The number of anilines is 1. The van der Waals surface area contributed by atoms with Gasteiger partial charge in [0.05, 0.1) is 6.10 Å². The van der Waals surface area contributed by atoms with E-state index in [0.717, 1.165) is 31.6 Å². The largest absolute Gasteiger partial charge is 0.376 e. The summed E-state index contributed by atoms with van der Waals surface area (Å²) >= 11 is 0. The summed E-state index contributed by atoms with van der Waals surface area (Å²) in [6.45, 7) is 8.51. The molecule has 1 unspecified atom stereocenters.